The Morgan fingerprint density at radius 2 is 1.89 bits per heavy atom. The highest BCUT2D eigenvalue weighted by Crippen LogP contribution is 2.30. The molecule has 0 bridgehead atoms. The van der Waals surface area contributed by atoms with E-state index in [2.05, 4.69) is 22.4 Å². The second kappa shape index (κ2) is 4.61. The van der Waals surface area contributed by atoms with Crippen molar-refractivity contribution in [3.8, 4) is 11.1 Å². The maximum Gasteiger partial charge on any atom is 0.221 e. The summed E-state index contributed by atoms with van der Waals surface area (Å²) in [4.78, 5) is 14.4. The third-order valence-electron chi connectivity index (χ3n) is 3.09. The third-order valence-corrected chi connectivity index (χ3v) is 3.09. The second-order valence-electron chi connectivity index (χ2n) is 4.51. The van der Waals surface area contributed by atoms with Crippen molar-refractivity contribution < 1.29 is 4.79 Å². The molecule has 3 nitrogen and oxygen atoms in total. The number of carbonyl (C=O) groups excluding carboxylic acids is 1. The Bertz CT molecular complexity index is 729. The quantitative estimate of drug-likeness (QED) is 0.714. The van der Waals surface area contributed by atoms with Gasteiger partial charge in [-0.3, -0.25) is 4.79 Å². The van der Waals surface area contributed by atoms with Crippen LogP contribution in [0.25, 0.3) is 22.0 Å². The summed E-state index contributed by atoms with van der Waals surface area (Å²) in [6, 6.07) is 16.1. The number of aromatic nitrogens is 1. The number of amides is 1. The van der Waals surface area contributed by atoms with Crippen molar-refractivity contribution in [2.24, 2.45) is 0 Å². The Morgan fingerprint density at radius 1 is 1.11 bits per heavy atom. The van der Waals surface area contributed by atoms with Gasteiger partial charge in [-0.25, -0.2) is 0 Å². The molecule has 0 atom stereocenters. The molecule has 0 aliphatic carbocycles. The smallest absolute Gasteiger partial charge is 0.221 e. The van der Waals surface area contributed by atoms with Gasteiger partial charge >= 0.3 is 0 Å². The minimum absolute atomic E-state index is 0.0591. The fourth-order valence-electron chi connectivity index (χ4n) is 2.26. The summed E-state index contributed by atoms with van der Waals surface area (Å²) in [5, 5.41) is 3.92. The molecule has 2 aromatic carbocycles. The molecule has 2 N–H and O–H groups in total. The summed E-state index contributed by atoms with van der Waals surface area (Å²) >= 11 is 0. The van der Waals surface area contributed by atoms with Gasteiger partial charge in [-0.1, -0.05) is 30.3 Å². The van der Waals surface area contributed by atoms with E-state index in [0.29, 0.717) is 0 Å². The molecule has 0 aliphatic rings. The zero-order chi connectivity index (χ0) is 13.2. The van der Waals surface area contributed by atoms with Crippen LogP contribution in [0.1, 0.15) is 6.92 Å². The molecule has 0 saturated carbocycles. The molecule has 0 spiro atoms. The van der Waals surface area contributed by atoms with Gasteiger partial charge < -0.3 is 10.3 Å². The van der Waals surface area contributed by atoms with E-state index < -0.39 is 0 Å². The highest BCUT2D eigenvalue weighted by atomic mass is 16.1. The Labute approximate surface area is 111 Å². The average molecular weight is 250 g/mol. The van der Waals surface area contributed by atoms with Crippen LogP contribution in [-0.2, 0) is 4.79 Å². The van der Waals surface area contributed by atoms with E-state index in [4.69, 9.17) is 0 Å². The summed E-state index contributed by atoms with van der Waals surface area (Å²) in [6.07, 6.45) is 2.00. The summed E-state index contributed by atoms with van der Waals surface area (Å²) < 4.78 is 0. The number of hydrogen-bond donors (Lipinski definition) is 2. The molecule has 94 valence electrons. The van der Waals surface area contributed by atoms with Gasteiger partial charge in [0.1, 0.15) is 0 Å². The number of aromatic amines is 1. The monoisotopic (exact) mass is 250 g/mol. The minimum atomic E-state index is -0.0591. The normalized spacial score (nSPS) is 10.6. The van der Waals surface area contributed by atoms with Gasteiger partial charge in [0.15, 0.2) is 0 Å². The lowest BCUT2D eigenvalue weighted by Crippen LogP contribution is -2.05. The molecule has 3 heteroatoms. The lowest BCUT2D eigenvalue weighted by Gasteiger charge is -2.03. The largest absolute Gasteiger partial charge is 0.361 e. The van der Waals surface area contributed by atoms with Crippen LogP contribution in [0.15, 0.2) is 54.7 Å². The van der Waals surface area contributed by atoms with E-state index in [9.17, 15) is 4.79 Å². The molecule has 3 rings (SSSR count). The SMILES string of the molecule is CC(=O)Nc1ccc2[nH]cc(-c3ccccc3)c2c1. The van der Waals surface area contributed by atoms with Crippen LogP contribution >= 0.6 is 0 Å². The van der Waals surface area contributed by atoms with E-state index in [1.54, 1.807) is 0 Å². The van der Waals surface area contributed by atoms with Gasteiger partial charge in [0.05, 0.1) is 0 Å². The zero-order valence-corrected chi connectivity index (χ0v) is 10.6. The van der Waals surface area contributed by atoms with Crippen molar-refractivity contribution in [1.29, 1.82) is 0 Å². The van der Waals surface area contributed by atoms with Crippen molar-refractivity contribution in [2.45, 2.75) is 6.92 Å². The topological polar surface area (TPSA) is 44.9 Å². The maximum atomic E-state index is 11.1. The van der Waals surface area contributed by atoms with Crippen LogP contribution in [0.2, 0.25) is 0 Å². The minimum Gasteiger partial charge on any atom is -0.361 e. The molecule has 19 heavy (non-hydrogen) atoms. The number of anilines is 1. The molecule has 0 radical (unpaired) electrons. The molecule has 0 saturated heterocycles. The van der Waals surface area contributed by atoms with Gasteiger partial charge in [0.25, 0.3) is 0 Å². The maximum absolute atomic E-state index is 11.1. The highest BCUT2D eigenvalue weighted by molar-refractivity contribution is 5.99. The lowest BCUT2D eigenvalue weighted by molar-refractivity contribution is -0.114. The van der Waals surface area contributed by atoms with E-state index >= 15 is 0 Å². The van der Waals surface area contributed by atoms with E-state index in [0.717, 1.165) is 27.7 Å². The molecule has 1 amide bonds. The van der Waals surface area contributed by atoms with Crippen molar-refractivity contribution >= 4 is 22.5 Å². The molecular formula is C16H14N2O. The van der Waals surface area contributed by atoms with E-state index in [1.807, 2.05) is 42.6 Å². The third kappa shape index (κ3) is 2.22. The van der Waals surface area contributed by atoms with Gasteiger partial charge in [-0.15, -0.1) is 0 Å². The van der Waals surface area contributed by atoms with Crippen molar-refractivity contribution in [1.82, 2.24) is 4.98 Å². The number of rotatable bonds is 2. The van der Waals surface area contributed by atoms with Crippen LogP contribution in [0.4, 0.5) is 5.69 Å². The predicted octanol–water partition coefficient (Wildman–Crippen LogP) is 3.79. The highest BCUT2D eigenvalue weighted by Gasteiger charge is 2.07. The van der Waals surface area contributed by atoms with Crippen LogP contribution < -0.4 is 5.32 Å². The number of H-pyrrole nitrogens is 1. The van der Waals surface area contributed by atoms with Crippen LogP contribution in [0.3, 0.4) is 0 Å². The molecule has 1 heterocycles. The van der Waals surface area contributed by atoms with Gasteiger partial charge in [0.2, 0.25) is 5.91 Å². The first-order chi connectivity index (χ1) is 9.24. The first kappa shape index (κ1) is 11.5. The van der Waals surface area contributed by atoms with Crippen LogP contribution in [0.5, 0.6) is 0 Å². The summed E-state index contributed by atoms with van der Waals surface area (Å²) in [5.74, 6) is -0.0591. The Kier molecular flexibility index (Phi) is 2.80. The Balaban J connectivity index is 2.13. The van der Waals surface area contributed by atoms with Crippen molar-refractivity contribution in [3.63, 3.8) is 0 Å². The van der Waals surface area contributed by atoms with Gasteiger partial charge in [-0.2, -0.15) is 0 Å². The number of fused-ring (bicyclic) bond motifs is 1. The molecule has 0 fully saturated rings. The van der Waals surface area contributed by atoms with Crippen molar-refractivity contribution in [3.05, 3.63) is 54.7 Å². The number of benzene rings is 2. The number of carbonyl (C=O) groups is 1. The molecular weight excluding hydrogens is 236 g/mol. The molecule has 0 unspecified atom stereocenters. The summed E-state index contributed by atoms with van der Waals surface area (Å²) in [5.41, 5.74) is 4.18. The fraction of sp³-hybridized carbons (Fsp3) is 0.0625. The standard InChI is InChI=1S/C16H14N2O/c1-11(19)18-13-7-8-16-14(9-13)15(10-17-16)12-5-3-2-4-6-12/h2-10,17H,1H3,(H,18,19). The summed E-state index contributed by atoms with van der Waals surface area (Å²) in [7, 11) is 0. The summed E-state index contributed by atoms with van der Waals surface area (Å²) in [6.45, 7) is 1.51. The fourth-order valence-corrected chi connectivity index (χ4v) is 2.26. The van der Waals surface area contributed by atoms with Crippen LogP contribution in [-0.4, -0.2) is 10.9 Å². The Morgan fingerprint density at radius 3 is 2.63 bits per heavy atom. The van der Waals surface area contributed by atoms with Gasteiger partial charge in [0, 0.05) is 35.3 Å². The molecule has 3 aromatic rings. The lowest BCUT2D eigenvalue weighted by atomic mass is 10.0. The second-order valence-corrected chi connectivity index (χ2v) is 4.51. The van der Waals surface area contributed by atoms with Gasteiger partial charge in [-0.05, 0) is 23.8 Å². The zero-order valence-electron chi connectivity index (χ0n) is 10.6. The first-order valence-corrected chi connectivity index (χ1v) is 6.18. The first-order valence-electron chi connectivity index (χ1n) is 6.18. The van der Waals surface area contributed by atoms with Crippen molar-refractivity contribution in [2.75, 3.05) is 5.32 Å². The molecule has 1 aromatic heterocycles. The van der Waals surface area contributed by atoms with E-state index in [1.165, 1.54) is 6.92 Å². The number of nitrogens with one attached hydrogen (secondary N) is 2. The van der Waals surface area contributed by atoms with E-state index in [-0.39, 0.29) is 5.91 Å². The average Bonchev–Trinajstić information content (AvgIpc) is 2.82. The molecule has 0 aliphatic heterocycles. The number of hydrogen-bond acceptors (Lipinski definition) is 1. The predicted molar refractivity (Wildman–Crippen MR) is 78.0 cm³/mol. The van der Waals surface area contributed by atoms with Crippen LogP contribution in [0, 0.1) is 0 Å². The Hall–Kier alpha value is -2.55.